The van der Waals surface area contributed by atoms with Crippen molar-refractivity contribution in [1.82, 2.24) is 0 Å². The summed E-state index contributed by atoms with van der Waals surface area (Å²) in [5, 5.41) is 0. The summed E-state index contributed by atoms with van der Waals surface area (Å²) < 4.78 is 0. The second-order valence-electron chi connectivity index (χ2n) is 5.71. The highest BCUT2D eigenvalue weighted by Crippen LogP contribution is 2.17. The Balaban J connectivity index is 4.34. The lowest BCUT2D eigenvalue weighted by molar-refractivity contribution is 0.418. The molecule has 0 rings (SSSR count). The predicted octanol–water partition coefficient (Wildman–Crippen LogP) is 4.56. The summed E-state index contributed by atoms with van der Waals surface area (Å²) in [6, 6.07) is 0.523. The Morgan fingerprint density at radius 2 is 1.47 bits per heavy atom. The summed E-state index contributed by atoms with van der Waals surface area (Å²) in [6.07, 6.45) is 2.52. The molecule has 0 fully saturated rings. The van der Waals surface area contributed by atoms with Crippen molar-refractivity contribution < 1.29 is 0 Å². The zero-order valence-electron chi connectivity index (χ0n) is 11.7. The zero-order chi connectivity index (χ0) is 12.0. The van der Waals surface area contributed by atoms with Crippen LogP contribution in [0.15, 0.2) is 4.99 Å². The molecule has 0 heterocycles. The Morgan fingerprint density at radius 3 is 1.80 bits per heavy atom. The summed E-state index contributed by atoms with van der Waals surface area (Å²) in [6.45, 7) is 15.7. The van der Waals surface area contributed by atoms with E-state index in [1.54, 1.807) is 0 Å². The molecule has 0 saturated heterocycles. The average molecular weight is 211 g/mol. The maximum Gasteiger partial charge on any atom is 0.0522 e. The van der Waals surface area contributed by atoms with E-state index in [9.17, 15) is 0 Å². The second kappa shape index (κ2) is 7.03. The molecule has 0 aromatic rings. The summed E-state index contributed by atoms with van der Waals surface area (Å²) in [5.41, 5.74) is 1.30. The summed E-state index contributed by atoms with van der Waals surface area (Å²) in [5.74, 6) is 2.04. The van der Waals surface area contributed by atoms with Crippen molar-refractivity contribution in [2.45, 2.75) is 67.3 Å². The van der Waals surface area contributed by atoms with Crippen LogP contribution in [0.4, 0.5) is 0 Å². The van der Waals surface area contributed by atoms with Crippen LogP contribution in [0.2, 0.25) is 0 Å². The number of nitrogens with zero attached hydrogens (tertiary/aromatic N) is 1. The van der Waals surface area contributed by atoms with Crippen molar-refractivity contribution in [1.29, 1.82) is 0 Å². The molecule has 0 amide bonds. The van der Waals surface area contributed by atoms with Crippen LogP contribution >= 0.6 is 0 Å². The van der Waals surface area contributed by atoms with Gasteiger partial charge in [-0.05, 0) is 37.5 Å². The second-order valence-corrected chi connectivity index (χ2v) is 5.71. The van der Waals surface area contributed by atoms with Gasteiger partial charge >= 0.3 is 0 Å². The molecule has 0 bridgehead atoms. The third kappa shape index (κ3) is 6.70. The fourth-order valence-electron chi connectivity index (χ4n) is 1.46. The zero-order valence-corrected chi connectivity index (χ0v) is 11.7. The van der Waals surface area contributed by atoms with Gasteiger partial charge in [0.25, 0.3) is 0 Å². The van der Waals surface area contributed by atoms with Crippen LogP contribution in [0.25, 0.3) is 0 Å². The fourth-order valence-corrected chi connectivity index (χ4v) is 1.46. The van der Waals surface area contributed by atoms with Crippen LogP contribution in [-0.4, -0.2) is 11.8 Å². The molecule has 1 unspecified atom stereocenters. The quantitative estimate of drug-likeness (QED) is 0.571. The summed E-state index contributed by atoms with van der Waals surface area (Å²) in [7, 11) is 0. The van der Waals surface area contributed by atoms with Gasteiger partial charge in [-0.2, -0.15) is 0 Å². The minimum Gasteiger partial charge on any atom is -0.291 e. The third-order valence-electron chi connectivity index (χ3n) is 3.01. The van der Waals surface area contributed by atoms with Crippen LogP contribution in [-0.2, 0) is 0 Å². The van der Waals surface area contributed by atoms with E-state index in [4.69, 9.17) is 4.99 Å². The van der Waals surface area contributed by atoms with E-state index in [1.807, 2.05) is 0 Å². The number of aliphatic imine (C=N–C) groups is 1. The molecule has 1 heteroatoms. The van der Waals surface area contributed by atoms with Gasteiger partial charge in [-0.3, -0.25) is 4.99 Å². The van der Waals surface area contributed by atoms with E-state index in [2.05, 4.69) is 48.5 Å². The van der Waals surface area contributed by atoms with Gasteiger partial charge < -0.3 is 0 Å². The first-order valence-electron chi connectivity index (χ1n) is 6.38. The Morgan fingerprint density at radius 1 is 0.933 bits per heavy atom. The van der Waals surface area contributed by atoms with Crippen LogP contribution < -0.4 is 0 Å². The average Bonchev–Trinajstić information content (AvgIpc) is 2.10. The molecule has 1 nitrogen and oxygen atoms in total. The number of rotatable bonds is 6. The Kier molecular flexibility index (Phi) is 6.87. The van der Waals surface area contributed by atoms with Gasteiger partial charge in [0.2, 0.25) is 0 Å². The van der Waals surface area contributed by atoms with Crippen molar-refractivity contribution >= 4 is 5.71 Å². The molecular formula is C14H29N. The van der Waals surface area contributed by atoms with E-state index >= 15 is 0 Å². The Bertz CT molecular complexity index is 190. The highest BCUT2D eigenvalue weighted by molar-refractivity contribution is 5.83. The van der Waals surface area contributed by atoms with Gasteiger partial charge in [0, 0.05) is 5.71 Å². The largest absolute Gasteiger partial charge is 0.291 e. The molecule has 0 aliphatic carbocycles. The lowest BCUT2D eigenvalue weighted by atomic mass is 9.95. The van der Waals surface area contributed by atoms with E-state index in [0.29, 0.717) is 17.9 Å². The van der Waals surface area contributed by atoms with Crippen molar-refractivity contribution in [3.8, 4) is 0 Å². The van der Waals surface area contributed by atoms with Gasteiger partial charge in [0.1, 0.15) is 0 Å². The maximum atomic E-state index is 4.86. The van der Waals surface area contributed by atoms with E-state index in [0.717, 1.165) is 5.92 Å². The molecule has 0 aromatic carbocycles. The van der Waals surface area contributed by atoms with Crippen molar-refractivity contribution in [3.05, 3.63) is 0 Å². The molecule has 0 aromatic heterocycles. The lowest BCUT2D eigenvalue weighted by Gasteiger charge is -2.19. The predicted molar refractivity (Wildman–Crippen MR) is 70.6 cm³/mol. The molecular weight excluding hydrogens is 182 g/mol. The summed E-state index contributed by atoms with van der Waals surface area (Å²) in [4.78, 5) is 4.86. The molecule has 0 aliphatic rings. The highest BCUT2D eigenvalue weighted by Gasteiger charge is 2.13. The van der Waals surface area contributed by atoms with Gasteiger partial charge in [0.15, 0.2) is 0 Å². The minimum absolute atomic E-state index is 0.523. The monoisotopic (exact) mass is 211 g/mol. The molecule has 0 radical (unpaired) electrons. The SMILES string of the molecule is CC(=NC(CCC(C)C)C(C)C)C(C)C. The number of hydrogen-bond acceptors (Lipinski definition) is 1. The highest BCUT2D eigenvalue weighted by atomic mass is 14.8. The first-order valence-corrected chi connectivity index (χ1v) is 6.38. The fraction of sp³-hybridized carbons (Fsp3) is 0.929. The number of hydrogen-bond donors (Lipinski definition) is 0. The molecule has 0 spiro atoms. The normalized spacial score (nSPS) is 15.5. The van der Waals surface area contributed by atoms with E-state index in [-0.39, 0.29) is 0 Å². The van der Waals surface area contributed by atoms with Gasteiger partial charge in [-0.25, -0.2) is 0 Å². The van der Waals surface area contributed by atoms with Crippen LogP contribution in [0, 0.1) is 17.8 Å². The Labute approximate surface area is 96.4 Å². The van der Waals surface area contributed by atoms with E-state index in [1.165, 1.54) is 18.6 Å². The van der Waals surface area contributed by atoms with Crippen molar-refractivity contribution in [2.24, 2.45) is 22.7 Å². The third-order valence-corrected chi connectivity index (χ3v) is 3.01. The van der Waals surface area contributed by atoms with Gasteiger partial charge in [-0.15, -0.1) is 0 Å². The van der Waals surface area contributed by atoms with Crippen LogP contribution in [0.5, 0.6) is 0 Å². The first kappa shape index (κ1) is 14.7. The molecule has 1 atom stereocenters. The molecule has 15 heavy (non-hydrogen) atoms. The topological polar surface area (TPSA) is 12.4 Å². The van der Waals surface area contributed by atoms with Crippen LogP contribution in [0.1, 0.15) is 61.3 Å². The van der Waals surface area contributed by atoms with Crippen molar-refractivity contribution in [2.75, 3.05) is 0 Å². The molecule has 90 valence electrons. The first-order chi connectivity index (χ1) is 6.84. The van der Waals surface area contributed by atoms with Gasteiger partial charge in [-0.1, -0.05) is 41.5 Å². The molecule has 0 N–H and O–H groups in total. The maximum absolute atomic E-state index is 4.86. The Hall–Kier alpha value is -0.330. The minimum atomic E-state index is 0.523. The lowest BCUT2D eigenvalue weighted by Crippen LogP contribution is -2.17. The molecule has 0 saturated carbocycles. The van der Waals surface area contributed by atoms with Crippen molar-refractivity contribution in [3.63, 3.8) is 0 Å². The standard InChI is InChI=1S/C14H29N/c1-10(2)8-9-14(12(5)6)15-13(7)11(3)4/h10-12,14H,8-9H2,1-7H3. The summed E-state index contributed by atoms with van der Waals surface area (Å²) >= 11 is 0. The van der Waals surface area contributed by atoms with Gasteiger partial charge in [0.05, 0.1) is 6.04 Å². The smallest absolute Gasteiger partial charge is 0.0522 e. The molecule has 0 aliphatic heterocycles. The van der Waals surface area contributed by atoms with E-state index < -0.39 is 0 Å². The van der Waals surface area contributed by atoms with Crippen LogP contribution in [0.3, 0.4) is 0 Å².